The van der Waals surface area contributed by atoms with Gasteiger partial charge in [0, 0.05) is 11.6 Å². The predicted molar refractivity (Wildman–Crippen MR) is 76.9 cm³/mol. The van der Waals surface area contributed by atoms with Crippen molar-refractivity contribution in [3.8, 4) is 0 Å². The van der Waals surface area contributed by atoms with Gasteiger partial charge in [0.1, 0.15) is 0 Å². The highest BCUT2D eigenvalue weighted by atomic mass is 16.1. The number of benzene rings is 1. The van der Waals surface area contributed by atoms with Crippen molar-refractivity contribution in [2.24, 2.45) is 0 Å². The first-order valence-corrected chi connectivity index (χ1v) is 6.58. The Balaban J connectivity index is 2.25. The maximum absolute atomic E-state index is 12.4. The number of carbonyl (C=O) groups is 2. The Morgan fingerprint density at radius 2 is 1.90 bits per heavy atom. The van der Waals surface area contributed by atoms with Crippen LogP contribution in [0.5, 0.6) is 0 Å². The van der Waals surface area contributed by atoms with Crippen LogP contribution in [0.15, 0.2) is 42.7 Å². The second-order valence-corrected chi connectivity index (χ2v) is 5.06. The summed E-state index contributed by atoms with van der Waals surface area (Å²) in [6.07, 6.45) is 3.51. The van der Waals surface area contributed by atoms with Gasteiger partial charge in [0.25, 0.3) is 0 Å². The van der Waals surface area contributed by atoms with E-state index in [-0.39, 0.29) is 18.1 Å². The first kappa shape index (κ1) is 14.1. The molecule has 0 aliphatic rings. The number of pyridine rings is 1. The van der Waals surface area contributed by atoms with Crippen molar-refractivity contribution in [1.82, 2.24) is 0 Å². The first-order chi connectivity index (χ1) is 9.47. The Hall–Kier alpha value is -2.29. The van der Waals surface area contributed by atoms with Crippen molar-refractivity contribution in [3.63, 3.8) is 0 Å². The zero-order valence-corrected chi connectivity index (χ0v) is 12.0. The third-order valence-electron chi connectivity index (χ3n) is 3.28. The van der Waals surface area contributed by atoms with Crippen LogP contribution in [0.3, 0.4) is 0 Å². The van der Waals surface area contributed by atoms with Crippen LogP contribution in [0.25, 0.3) is 0 Å². The number of carbonyl (C=O) groups excluding carboxylic acids is 2. The van der Waals surface area contributed by atoms with Crippen LogP contribution >= 0.6 is 0 Å². The van der Waals surface area contributed by atoms with Gasteiger partial charge >= 0.3 is 0 Å². The van der Waals surface area contributed by atoms with Gasteiger partial charge in [-0.3, -0.25) is 9.59 Å². The van der Waals surface area contributed by atoms with Crippen molar-refractivity contribution in [2.75, 3.05) is 0 Å². The molecule has 0 atom stereocenters. The van der Waals surface area contributed by atoms with Crippen molar-refractivity contribution in [2.45, 2.75) is 27.3 Å². The molecule has 0 N–H and O–H groups in total. The molecule has 0 bridgehead atoms. The minimum atomic E-state index is -0.00136. The van der Waals surface area contributed by atoms with Crippen LogP contribution in [0.1, 0.15) is 38.8 Å². The lowest BCUT2D eigenvalue weighted by Gasteiger charge is -2.04. The van der Waals surface area contributed by atoms with Crippen LogP contribution in [0.2, 0.25) is 0 Å². The SMILES string of the molecule is CC(=O)c1ccc[n+](CC(=O)c2cc(C)ccc2C)c1. The van der Waals surface area contributed by atoms with Gasteiger partial charge in [-0.1, -0.05) is 17.7 Å². The van der Waals surface area contributed by atoms with E-state index in [0.717, 1.165) is 16.7 Å². The van der Waals surface area contributed by atoms with Crippen molar-refractivity contribution in [1.29, 1.82) is 0 Å². The molecule has 0 spiro atoms. The summed E-state index contributed by atoms with van der Waals surface area (Å²) in [5.74, 6) is 0.0513. The maximum Gasteiger partial charge on any atom is 0.227 e. The Kier molecular flexibility index (Phi) is 4.08. The molecule has 0 aliphatic carbocycles. The molecule has 0 aliphatic heterocycles. The van der Waals surface area contributed by atoms with Crippen molar-refractivity contribution < 1.29 is 14.2 Å². The van der Waals surface area contributed by atoms with Gasteiger partial charge in [0.2, 0.25) is 12.3 Å². The maximum atomic E-state index is 12.4. The molecule has 0 unspecified atom stereocenters. The Labute approximate surface area is 118 Å². The number of hydrogen-bond acceptors (Lipinski definition) is 2. The fourth-order valence-corrected chi connectivity index (χ4v) is 2.12. The van der Waals surface area contributed by atoms with E-state index in [1.807, 2.05) is 32.0 Å². The lowest BCUT2D eigenvalue weighted by Crippen LogP contribution is -2.38. The predicted octanol–water partition coefficient (Wildman–Crippen LogP) is 2.68. The highest BCUT2D eigenvalue weighted by Crippen LogP contribution is 2.11. The fraction of sp³-hybridized carbons (Fsp3) is 0.235. The number of ketones is 2. The van der Waals surface area contributed by atoms with E-state index in [1.54, 1.807) is 29.1 Å². The third kappa shape index (κ3) is 3.18. The van der Waals surface area contributed by atoms with Gasteiger partial charge in [0.15, 0.2) is 18.2 Å². The largest absolute Gasteiger partial charge is 0.294 e. The summed E-state index contributed by atoms with van der Waals surface area (Å²) in [6.45, 7) is 5.67. The lowest BCUT2D eigenvalue weighted by atomic mass is 10.0. The molecule has 1 aromatic heterocycles. The zero-order valence-electron chi connectivity index (χ0n) is 12.0. The number of rotatable bonds is 4. The molecule has 0 radical (unpaired) electrons. The fourth-order valence-electron chi connectivity index (χ4n) is 2.12. The van der Waals surface area contributed by atoms with Crippen LogP contribution < -0.4 is 4.57 Å². The normalized spacial score (nSPS) is 10.3. The summed E-state index contributed by atoms with van der Waals surface area (Å²) in [7, 11) is 0. The van der Waals surface area contributed by atoms with E-state index in [0.29, 0.717) is 5.56 Å². The number of aryl methyl sites for hydroxylation is 2. The smallest absolute Gasteiger partial charge is 0.227 e. The molecule has 1 aromatic carbocycles. The summed E-state index contributed by atoms with van der Waals surface area (Å²) in [5, 5.41) is 0. The van der Waals surface area contributed by atoms with Gasteiger partial charge in [-0.05, 0) is 38.5 Å². The Morgan fingerprint density at radius 3 is 2.60 bits per heavy atom. The molecule has 0 fully saturated rings. The second kappa shape index (κ2) is 5.78. The topological polar surface area (TPSA) is 38.0 Å². The number of nitrogens with zero attached hydrogens (tertiary/aromatic N) is 1. The van der Waals surface area contributed by atoms with E-state index in [4.69, 9.17) is 0 Å². The number of aromatic nitrogens is 1. The summed E-state index contributed by atoms with van der Waals surface area (Å²) in [6, 6.07) is 9.40. The minimum Gasteiger partial charge on any atom is -0.294 e. The van der Waals surface area contributed by atoms with Gasteiger partial charge in [0.05, 0.1) is 5.56 Å². The highest BCUT2D eigenvalue weighted by molar-refractivity contribution is 5.96. The summed E-state index contributed by atoms with van der Waals surface area (Å²) < 4.78 is 1.75. The molecular formula is C17H18NO2+. The van der Waals surface area contributed by atoms with E-state index in [9.17, 15) is 9.59 Å². The van der Waals surface area contributed by atoms with E-state index in [1.165, 1.54) is 6.92 Å². The molecule has 2 aromatic rings. The van der Waals surface area contributed by atoms with E-state index < -0.39 is 0 Å². The van der Waals surface area contributed by atoms with Crippen LogP contribution in [0, 0.1) is 13.8 Å². The Bertz CT molecular complexity index is 674. The summed E-state index contributed by atoms with van der Waals surface area (Å²) >= 11 is 0. The molecule has 1 heterocycles. The van der Waals surface area contributed by atoms with E-state index in [2.05, 4.69) is 0 Å². The van der Waals surface area contributed by atoms with Crippen LogP contribution in [-0.2, 0) is 6.54 Å². The molecule has 102 valence electrons. The number of hydrogen-bond donors (Lipinski definition) is 0. The summed E-state index contributed by atoms with van der Waals surface area (Å²) in [4.78, 5) is 23.7. The quantitative estimate of drug-likeness (QED) is 0.631. The second-order valence-electron chi connectivity index (χ2n) is 5.06. The monoisotopic (exact) mass is 268 g/mol. The zero-order chi connectivity index (χ0) is 14.7. The molecule has 2 rings (SSSR count). The van der Waals surface area contributed by atoms with Crippen LogP contribution in [-0.4, -0.2) is 11.6 Å². The van der Waals surface area contributed by atoms with Crippen molar-refractivity contribution in [3.05, 3.63) is 65.0 Å². The highest BCUT2D eigenvalue weighted by Gasteiger charge is 2.15. The molecular weight excluding hydrogens is 250 g/mol. The Morgan fingerprint density at radius 1 is 1.15 bits per heavy atom. The van der Waals surface area contributed by atoms with Gasteiger partial charge in [-0.15, -0.1) is 0 Å². The van der Waals surface area contributed by atoms with Crippen molar-refractivity contribution >= 4 is 11.6 Å². The molecule has 3 nitrogen and oxygen atoms in total. The molecule has 20 heavy (non-hydrogen) atoms. The first-order valence-electron chi connectivity index (χ1n) is 6.58. The van der Waals surface area contributed by atoms with Gasteiger partial charge in [-0.25, -0.2) is 0 Å². The lowest BCUT2D eigenvalue weighted by molar-refractivity contribution is -0.683. The van der Waals surface area contributed by atoms with Gasteiger partial charge in [-0.2, -0.15) is 4.57 Å². The minimum absolute atomic E-state index is 0.00136. The molecule has 0 saturated heterocycles. The van der Waals surface area contributed by atoms with Gasteiger partial charge < -0.3 is 0 Å². The van der Waals surface area contributed by atoms with E-state index >= 15 is 0 Å². The molecule has 0 amide bonds. The molecule has 3 heteroatoms. The average molecular weight is 268 g/mol. The average Bonchev–Trinajstić information content (AvgIpc) is 2.41. The third-order valence-corrected chi connectivity index (χ3v) is 3.28. The summed E-state index contributed by atoms with van der Waals surface area (Å²) in [5.41, 5.74) is 3.40. The molecule has 0 saturated carbocycles. The van der Waals surface area contributed by atoms with Crippen LogP contribution in [0.4, 0.5) is 0 Å². The number of Topliss-reactive ketones (excluding diaryl/α,β-unsaturated/α-hetero) is 2. The standard InChI is InChI=1S/C17H18NO2/c1-12-6-7-13(2)16(9-12)17(20)11-18-8-4-5-15(10-18)14(3)19/h4-10H,11H2,1-3H3/q+1.